The number of rotatable bonds is 28. The summed E-state index contributed by atoms with van der Waals surface area (Å²) in [5.41, 5.74) is 21.4. The van der Waals surface area contributed by atoms with Gasteiger partial charge in [-0.3, -0.25) is 62.5 Å². The molecule has 0 fully saturated rings. The third-order valence-corrected chi connectivity index (χ3v) is 10.8. The van der Waals surface area contributed by atoms with Gasteiger partial charge in [-0.1, -0.05) is 39.8 Å². The summed E-state index contributed by atoms with van der Waals surface area (Å²) in [5.74, 6) is -12.0. The van der Waals surface area contributed by atoms with Crippen molar-refractivity contribution in [3.63, 3.8) is 0 Å². The molecule has 8 atom stereocenters. The quantitative estimate of drug-likeness (QED) is 0.0155. The van der Waals surface area contributed by atoms with Gasteiger partial charge in [-0.25, -0.2) is 0 Å². The molecule has 1 aliphatic heterocycles. The molecule has 71 heavy (non-hydrogen) atoms. The molecule has 0 spiro atoms. The summed E-state index contributed by atoms with van der Waals surface area (Å²) in [7, 11) is 0. The van der Waals surface area contributed by atoms with Crippen LogP contribution >= 0.6 is 0 Å². The Morgan fingerprint density at radius 1 is 0.690 bits per heavy atom. The SMILES string of the molecule is CC(C)C[C@H](NC(=O)[C@H](C)NC(=O)[C@H](CCCN=C(N)N)NC(=O)[C@H](C)N1CC/C=C\CC(=O)N[C@@H](CCC(=O)O)C(=O)N[C@@H](CC(C)C)C1=O)C(=O)N[C@@H](CC(=O)O)C(=O)N[C@@H](CCC(N)=O)C(N)=O. The van der Waals surface area contributed by atoms with E-state index in [-0.39, 0.29) is 88.7 Å². The fourth-order valence-corrected chi connectivity index (χ4v) is 7.06. The highest BCUT2D eigenvalue weighted by molar-refractivity contribution is 5.98. The Kier molecular flexibility index (Phi) is 26.9. The van der Waals surface area contributed by atoms with Crippen LogP contribution in [0.15, 0.2) is 17.1 Å². The minimum Gasteiger partial charge on any atom is -0.481 e. The van der Waals surface area contributed by atoms with Crippen molar-refractivity contribution in [2.24, 2.45) is 39.8 Å². The van der Waals surface area contributed by atoms with Gasteiger partial charge in [-0.05, 0) is 70.6 Å². The molecule has 0 aromatic rings. The molecule has 0 aliphatic carbocycles. The monoisotopic (exact) mass is 1010 g/mol. The first-order valence-electron chi connectivity index (χ1n) is 23.3. The first-order chi connectivity index (χ1) is 33.1. The highest BCUT2D eigenvalue weighted by Crippen LogP contribution is 2.15. The van der Waals surface area contributed by atoms with Crippen LogP contribution in [0.2, 0.25) is 0 Å². The number of amides is 10. The average Bonchev–Trinajstić information content (AvgIpc) is 3.26. The van der Waals surface area contributed by atoms with Gasteiger partial charge in [0.2, 0.25) is 59.1 Å². The van der Waals surface area contributed by atoms with Crippen LogP contribution in [0.3, 0.4) is 0 Å². The van der Waals surface area contributed by atoms with E-state index in [1.807, 2.05) is 0 Å². The van der Waals surface area contributed by atoms with Crippen LogP contribution in [0.25, 0.3) is 0 Å². The van der Waals surface area contributed by atoms with Gasteiger partial charge in [-0.2, -0.15) is 0 Å². The number of aliphatic carboxylic acids is 2. The Hall–Kier alpha value is -7.35. The first-order valence-corrected chi connectivity index (χ1v) is 23.3. The van der Waals surface area contributed by atoms with Crippen LogP contribution < -0.4 is 60.2 Å². The molecule has 0 saturated carbocycles. The average molecular weight is 1010 g/mol. The summed E-state index contributed by atoms with van der Waals surface area (Å²) >= 11 is 0. The number of hydrogen-bond acceptors (Lipinski definition) is 13. The Morgan fingerprint density at radius 2 is 1.28 bits per heavy atom. The number of carboxylic acids is 2. The third-order valence-electron chi connectivity index (χ3n) is 10.8. The second-order valence-electron chi connectivity index (χ2n) is 18.0. The number of aliphatic imine (C=N–C) groups is 1. The molecule has 0 unspecified atom stereocenters. The summed E-state index contributed by atoms with van der Waals surface area (Å²) in [4.78, 5) is 160. The molecule has 0 radical (unpaired) electrons. The van der Waals surface area contributed by atoms with E-state index < -0.39 is 132 Å². The van der Waals surface area contributed by atoms with Crippen LogP contribution in [-0.4, -0.2) is 154 Å². The van der Waals surface area contributed by atoms with Crippen LogP contribution in [0.4, 0.5) is 0 Å². The summed E-state index contributed by atoms with van der Waals surface area (Å²) in [5, 5.41) is 36.0. The van der Waals surface area contributed by atoms with Crippen molar-refractivity contribution in [1.82, 2.24) is 42.1 Å². The fraction of sp³-hybridized carbons (Fsp3) is 0.659. The van der Waals surface area contributed by atoms with Crippen molar-refractivity contribution in [2.75, 3.05) is 13.1 Å². The number of carbonyl (C=O) groups excluding carboxylic acids is 10. The smallest absolute Gasteiger partial charge is 0.305 e. The number of carboxylic acid groups (broad SMARTS) is 2. The molecule has 17 N–H and O–H groups in total. The molecule has 1 aliphatic rings. The van der Waals surface area contributed by atoms with Gasteiger partial charge in [0, 0.05) is 32.4 Å². The standard InChI is InChI=1S/C44H73N13O14/c1-22(2)19-29(41(69)55-30(21-35(62)63)42(70)52-26(36(46)64)13-15-32(45)58)54-37(65)24(5)50-39(67)27(11-10-17-49-44(47)48)53-38(66)25(6)57-18-9-7-8-12-33(59)51-28(14-16-34(60)61)40(68)56-31(43(57)71)20-23(3)4/h7-8,22-31H,9-21H2,1-6H3,(H2,45,58)(H2,46,64)(H,50,67)(H,51,59)(H,52,70)(H,53,66)(H,54,65)(H,55,69)(H,56,68)(H,60,61)(H,62,63)(H4,47,48,49)/b8-7-/t24-,25-,26-,27-,28-,29-,30-,31-/m0/s1. The topological polar surface area (TPSA) is 449 Å². The minimum absolute atomic E-state index is 0.0232. The van der Waals surface area contributed by atoms with Crippen molar-refractivity contribution < 1.29 is 67.7 Å². The summed E-state index contributed by atoms with van der Waals surface area (Å²) in [6, 6.07) is -11.2. The highest BCUT2D eigenvalue weighted by Gasteiger charge is 2.37. The van der Waals surface area contributed by atoms with Gasteiger partial charge in [0.25, 0.3) is 0 Å². The Morgan fingerprint density at radius 3 is 1.85 bits per heavy atom. The van der Waals surface area contributed by atoms with E-state index in [1.165, 1.54) is 24.8 Å². The van der Waals surface area contributed by atoms with Crippen LogP contribution in [0.5, 0.6) is 0 Å². The molecule has 0 aromatic heterocycles. The Balaban J connectivity index is 3.44. The maximum Gasteiger partial charge on any atom is 0.305 e. The van der Waals surface area contributed by atoms with Crippen LogP contribution in [-0.2, 0) is 57.5 Å². The lowest BCUT2D eigenvalue weighted by atomic mass is 10.0. The number of guanidine groups is 1. The van der Waals surface area contributed by atoms with Gasteiger partial charge in [0.1, 0.15) is 48.3 Å². The summed E-state index contributed by atoms with van der Waals surface area (Å²) in [6.07, 6.45) is 0.842. The molecule has 27 heteroatoms. The van der Waals surface area contributed by atoms with Crippen LogP contribution in [0.1, 0.15) is 112 Å². The maximum absolute atomic E-state index is 14.3. The van der Waals surface area contributed by atoms with E-state index in [1.54, 1.807) is 33.8 Å². The largest absolute Gasteiger partial charge is 0.481 e. The van der Waals surface area contributed by atoms with E-state index in [0.717, 1.165) is 0 Å². The second kappa shape index (κ2) is 31.0. The maximum atomic E-state index is 14.3. The van der Waals surface area contributed by atoms with Gasteiger partial charge >= 0.3 is 11.9 Å². The lowest BCUT2D eigenvalue weighted by Crippen LogP contribution is -2.60. The van der Waals surface area contributed by atoms with Gasteiger partial charge in [-0.15, -0.1) is 0 Å². The summed E-state index contributed by atoms with van der Waals surface area (Å²) < 4.78 is 0. The second-order valence-corrected chi connectivity index (χ2v) is 18.0. The molecule has 10 amide bonds. The summed E-state index contributed by atoms with van der Waals surface area (Å²) in [6.45, 7) is 9.62. The molecule has 1 heterocycles. The van der Waals surface area contributed by atoms with E-state index >= 15 is 0 Å². The van der Waals surface area contributed by atoms with Crippen molar-refractivity contribution in [3.05, 3.63) is 12.2 Å². The Bertz CT molecular complexity index is 1990. The molecule has 0 bridgehead atoms. The van der Waals surface area contributed by atoms with E-state index in [0.29, 0.717) is 0 Å². The number of nitrogens with two attached hydrogens (primary N) is 4. The molecular formula is C44H73N13O14. The van der Waals surface area contributed by atoms with E-state index in [4.69, 9.17) is 22.9 Å². The number of carbonyl (C=O) groups is 12. The molecule has 0 saturated heterocycles. The lowest BCUT2D eigenvalue weighted by Gasteiger charge is -2.34. The normalized spacial score (nSPS) is 18.4. The lowest BCUT2D eigenvalue weighted by molar-refractivity contribution is -0.144. The first kappa shape index (κ1) is 61.7. The van der Waals surface area contributed by atoms with Crippen molar-refractivity contribution in [2.45, 2.75) is 161 Å². The zero-order chi connectivity index (χ0) is 54.1. The van der Waals surface area contributed by atoms with Gasteiger partial charge < -0.3 is 75.3 Å². The minimum atomic E-state index is -1.78. The highest BCUT2D eigenvalue weighted by atomic mass is 16.4. The van der Waals surface area contributed by atoms with Gasteiger partial charge in [0.05, 0.1) is 6.42 Å². The molecule has 398 valence electrons. The molecular weight excluding hydrogens is 935 g/mol. The Labute approximate surface area is 411 Å². The predicted octanol–water partition coefficient (Wildman–Crippen LogP) is -3.80. The van der Waals surface area contributed by atoms with E-state index in [9.17, 15) is 67.7 Å². The zero-order valence-corrected chi connectivity index (χ0v) is 41.1. The third kappa shape index (κ3) is 24.2. The molecule has 1 rings (SSSR count). The van der Waals surface area contributed by atoms with Crippen LogP contribution in [0, 0.1) is 11.8 Å². The van der Waals surface area contributed by atoms with Crippen molar-refractivity contribution in [1.29, 1.82) is 0 Å². The molecule has 0 aromatic carbocycles. The van der Waals surface area contributed by atoms with Crippen molar-refractivity contribution in [3.8, 4) is 0 Å². The van der Waals surface area contributed by atoms with Gasteiger partial charge in [0.15, 0.2) is 5.96 Å². The number of nitrogens with one attached hydrogen (secondary N) is 7. The predicted molar refractivity (Wildman–Crippen MR) is 254 cm³/mol. The number of nitrogens with zero attached hydrogens (tertiary/aromatic N) is 2. The number of primary amides is 2. The zero-order valence-electron chi connectivity index (χ0n) is 41.1. The van der Waals surface area contributed by atoms with E-state index in [2.05, 4.69) is 42.2 Å². The fourth-order valence-electron chi connectivity index (χ4n) is 7.06. The number of hydrogen-bond donors (Lipinski definition) is 13. The molecule has 27 nitrogen and oxygen atoms in total. The van der Waals surface area contributed by atoms with Crippen molar-refractivity contribution >= 4 is 77.0 Å².